The fourth-order valence-electron chi connectivity index (χ4n) is 2.44. The number of fused-ring (bicyclic) bond motifs is 1. The third-order valence-electron chi connectivity index (χ3n) is 3.38. The lowest BCUT2D eigenvalue weighted by molar-refractivity contribution is -0.0126. The fraction of sp³-hybridized carbons (Fsp3) is 0.667. The molecule has 1 aromatic rings. The molecule has 6 nitrogen and oxygen atoms in total. The lowest BCUT2D eigenvalue weighted by Crippen LogP contribution is -2.44. The Morgan fingerprint density at radius 3 is 3.22 bits per heavy atom. The molecule has 1 atom stereocenters. The molecule has 98 valence electrons. The molecule has 2 aliphatic rings. The van der Waals surface area contributed by atoms with Gasteiger partial charge >= 0.3 is 0 Å². The highest BCUT2D eigenvalue weighted by molar-refractivity contribution is 5.92. The lowest BCUT2D eigenvalue weighted by Gasteiger charge is -2.30. The number of aromatic nitrogens is 2. The van der Waals surface area contributed by atoms with Gasteiger partial charge in [0.05, 0.1) is 12.7 Å². The number of nitrogens with zero attached hydrogens (tertiary/aromatic N) is 3. The van der Waals surface area contributed by atoms with Gasteiger partial charge in [0, 0.05) is 32.4 Å². The largest absolute Gasteiger partial charge is 0.375 e. The van der Waals surface area contributed by atoms with Gasteiger partial charge in [0.1, 0.15) is 5.69 Å². The summed E-state index contributed by atoms with van der Waals surface area (Å²) in [5, 5.41) is 3.21. The van der Waals surface area contributed by atoms with Crippen LogP contribution < -0.4 is 5.32 Å². The molecule has 0 aromatic carbocycles. The van der Waals surface area contributed by atoms with Crippen LogP contribution in [0, 0.1) is 0 Å². The van der Waals surface area contributed by atoms with Crippen molar-refractivity contribution in [3.05, 3.63) is 11.9 Å². The first-order valence-electron chi connectivity index (χ1n) is 6.46. The Bertz CT molecular complexity index is 433. The number of ether oxygens (including phenoxy) is 1. The molecular formula is C12H18N4O2. The van der Waals surface area contributed by atoms with E-state index in [0.29, 0.717) is 25.4 Å². The molecule has 0 bridgehead atoms. The molecule has 1 saturated heterocycles. The summed E-state index contributed by atoms with van der Waals surface area (Å²) in [5.41, 5.74) is 0.536. The maximum atomic E-state index is 12.3. The summed E-state index contributed by atoms with van der Waals surface area (Å²) in [6.45, 7) is 5.76. The number of nitrogens with one attached hydrogen (secondary N) is 1. The van der Waals surface area contributed by atoms with Gasteiger partial charge in [-0.15, -0.1) is 0 Å². The van der Waals surface area contributed by atoms with Crippen LogP contribution in [-0.2, 0) is 11.3 Å². The zero-order valence-corrected chi connectivity index (χ0v) is 10.6. The second-order valence-electron chi connectivity index (χ2n) is 4.86. The van der Waals surface area contributed by atoms with Gasteiger partial charge in [-0.05, 0) is 13.3 Å². The zero-order valence-electron chi connectivity index (χ0n) is 10.6. The summed E-state index contributed by atoms with van der Waals surface area (Å²) in [4.78, 5) is 18.5. The molecule has 0 saturated carbocycles. The van der Waals surface area contributed by atoms with Crippen LogP contribution in [0.1, 0.15) is 23.8 Å². The molecule has 1 amide bonds. The maximum Gasteiger partial charge on any atom is 0.274 e. The summed E-state index contributed by atoms with van der Waals surface area (Å²) in [5.74, 6) is 0.819. The van der Waals surface area contributed by atoms with Crippen molar-refractivity contribution in [2.75, 3.05) is 31.6 Å². The van der Waals surface area contributed by atoms with Crippen molar-refractivity contribution in [1.29, 1.82) is 0 Å². The van der Waals surface area contributed by atoms with Crippen molar-refractivity contribution >= 4 is 11.9 Å². The van der Waals surface area contributed by atoms with Crippen molar-refractivity contribution in [2.24, 2.45) is 0 Å². The molecule has 1 N–H and O–H groups in total. The number of hydrogen-bond acceptors (Lipinski definition) is 4. The molecular weight excluding hydrogens is 232 g/mol. The number of hydrogen-bond donors (Lipinski definition) is 1. The van der Waals surface area contributed by atoms with Gasteiger partial charge in [0.25, 0.3) is 5.91 Å². The minimum Gasteiger partial charge on any atom is -0.375 e. The first-order valence-corrected chi connectivity index (χ1v) is 6.46. The van der Waals surface area contributed by atoms with E-state index >= 15 is 0 Å². The maximum absolute atomic E-state index is 12.3. The van der Waals surface area contributed by atoms with Crippen LogP contribution >= 0.6 is 0 Å². The van der Waals surface area contributed by atoms with Gasteiger partial charge in [-0.1, -0.05) is 0 Å². The van der Waals surface area contributed by atoms with E-state index in [2.05, 4.69) is 10.3 Å². The average Bonchev–Trinajstić information content (AvgIpc) is 2.81. The van der Waals surface area contributed by atoms with Crippen molar-refractivity contribution < 1.29 is 9.53 Å². The Morgan fingerprint density at radius 2 is 2.44 bits per heavy atom. The topological polar surface area (TPSA) is 59.4 Å². The Labute approximate surface area is 106 Å². The van der Waals surface area contributed by atoms with E-state index in [-0.39, 0.29) is 12.0 Å². The van der Waals surface area contributed by atoms with Crippen LogP contribution in [0.15, 0.2) is 6.20 Å². The quantitative estimate of drug-likeness (QED) is 0.791. The van der Waals surface area contributed by atoms with Gasteiger partial charge in [-0.2, -0.15) is 0 Å². The first-order chi connectivity index (χ1) is 8.74. The smallest absolute Gasteiger partial charge is 0.274 e. The van der Waals surface area contributed by atoms with Crippen molar-refractivity contribution in [2.45, 2.75) is 26.0 Å². The van der Waals surface area contributed by atoms with E-state index in [9.17, 15) is 4.79 Å². The Morgan fingerprint density at radius 1 is 1.56 bits per heavy atom. The molecule has 18 heavy (non-hydrogen) atoms. The summed E-state index contributed by atoms with van der Waals surface area (Å²) >= 11 is 0. The highest BCUT2D eigenvalue weighted by Crippen LogP contribution is 2.16. The number of morpholine rings is 1. The standard InChI is InChI=1S/C12H18N4O2/c1-9-7-15(5-6-18-9)11(17)10-8-16-4-2-3-13-12(16)14-10/h8-9H,2-7H2,1H3,(H,13,14). The second-order valence-corrected chi connectivity index (χ2v) is 4.86. The molecule has 0 aliphatic carbocycles. The molecule has 0 spiro atoms. The number of imidazole rings is 1. The number of rotatable bonds is 1. The number of amides is 1. The highest BCUT2D eigenvalue weighted by Gasteiger charge is 2.25. The predicted octanol–water partition coefficient (Wildman–Crippen LogP) is 0.560. The minimum atomic E-state index is 0.00819. The molecule has 3 rings (SSSR count). The predicted molar refractivity (Wildman–Crippen MR) is 66.7 cm³/mol. The fourth-order valence-corrected chi connectivity index (χ4v) is 2.44. The van der Waals surface area contributed by atoms with Gasteiger partial charge in [0.15, 0.2) is 0 Å². The molecule has 1 fully saturated rings. The molecule has 6 heteroatoms. The summed E-state index contributed by atoms with van der Waals surface area (Å²) in [7, 11) is 0. The molecule has 1 aromatic heterocycles. The molecule has 0 radical (unpaired) electrons. The Kier molecular flexibility index (Phi) is 2.95. The van der Waals surface area contributed by atoms with Crippen LogP contribution in [0.25, 0.3) is 0 Å². The highest BCUT2D eigenvalue weighted by atomic mass is 16.5. The molecule has 1 unspecified atom stereocenters. The Balaban J connectivity index is 1.77. The number of aryl methyl sites for hydroxylation is 1. The molecule has 3 heterocycles. The first kappa shape index (κ1) is 11.5. The van der Waals surface area contributed by atoms with Crippen LogP contribution in [-0.4, -0.2) is 52.7 Å². The summed E-state index contributed by atoms with van der Waals surface area (Å²) in [6, 6.07) is 0. The van der Waals surface area contributed by atoms with Gasteiger partial charge in [0.2, 0.25) is 5.95 Å². The SMILES string of the molecule is CC1CN(C(=O)c2cn3c(n2)NCCC3)CCO1. The van der Waals surface area contributed by atoms with Gasteiger partial charge in [-0.3, -0.25) is 4.79 Å². The van der Waals surface area contributed by atoms with Crippen LogP contribution in [0.4, 0.5) is 5.95 Å². The number of carbonyl (C=O) groups excluding carboxylic acids is 1. The van der Waals surface area contributed by atoms with E-state index in [1.165, 1.54) is 0 Å². The third-order valence-corrected chi connectivity index (χ3v) is 3.38. The van der Waals surface area contributed by atoms with Crippen LogP contribution in [0.3, 0.4) is 0 Å². The zero-order chi connectivity index (χ0) is 12.5. The van der Waals surface area contributed by atoms with Crippen molar-refractivity contribution in [3.8, 4) is 0 Å². The summed E-state index contributed by atoms with van der Waals surface area (Å²) in [6.07, 6.45) is 3.04. The monoisotopic (exact) mass is 250 g/mol. The normalized spacial score (nSPS) is 23.4. The summed E-state index contributed by atoms with van der Waals surface area (Å²) < 4.78 is 7.46. The van der Waals surface area contributed by atoms with Crippen LogP contribution in [0.5, 0.6) is 0 Å². The lowest BCUT2D eigenvalue weighted by atomic mass is 10.3. The van der Waals surface area contributed by atoms with Crippen molar-refractivity contribution in [1.82, 2.24) is 14.5 Å². The second kappa shape index (κ2) is 4.61. The minimum absolute atomic E-state index is 0.00819. The molecule has 2 aliphatic heterocycles. The van der Waals surface area contributed by atoms with E-state index in [4.69, 9.17) is 4.74 Å². The van der Waals surface area contributed by atoms with E-state index in [0.717, 1.165) is 25.5 Å². The van der Waals surface area contributed by atoms with Gasteiger partial charge in [-0.25, -0.2) is 4.98 Å². The van der Waals surface area contributed by atoms with E-state index < -0.39 is 0 Å². The third kappa shape index (κ3) is 2.08. The number of anilines is 1. The average molecular weight is 250 g/mol. The van der Waals surface area contributed by atoms with Crippen molar-refractivity contribution in [3.63, 3.8) is 0 Å². The van der Waals surface area contributed by atoms with Crippen LogP contribution in [0.2, 0.25) is 0 Å². The number of carbonyl (C=O) groups is 1. The van der Waals surface area contributed by atoms with E-state index in [1.54, 1.807) is 0 Å². The van der Waals surface area contributed by atoms with E-state index in [1.807, 2.05) is 22.6 Å². The van der Waals surface area contributed by atoms with Gasteiger partial charge < -0.3 is 19.5 Å². The Hall–Kier alpha value is -1.56.